The zero-order valence-electron chi connectivity index (χ0n) is 17.0. The van der Waals surface area contributed by atoms with Crippen LogP contribution < -0.4 is 15.1 Å². The predicted molar refractivity (Wildman–Crippen MR) is 112 cm³/mol. The minimum Gasteiger partial charge on any atom is -0.378 e. The van der Waals surface area contributed by atoms with E-state index in [-0.39, 0.29) is 5.56 Å². The van der Waals surface area contributed by atoms with Crippen molar-refractivity contribution in [2.45, 2.75) is 6.18 Å². The van der Waals surface area contributed by atoms with Crippen LogP contribution in [0.15, 0.2) is 42.5 Å². The molecular weight excluding hydrogens is 411 g/mol. The van der Waals surface area contributed by atoms with E-state index in [2.05, 4.69) is 15.1 Å². The van der Waals surface area contributed by atoms with Gasteiger partial charge >= 0.3 is 6.18 Å². The molecule has 2 fully saturated rings. The van der Waals surface area contributed by atoms with Crippen molar-refractivity contribution < 1.29 is 27.4 Å². The summed E-state index contributed by atoms with van der Waals surface area (Å²) in [7, 11) is 0. The Morgan fingerprint density at radius 3 is 2.00 bits per heavy atom. The van der Waals surface area contributed by atoms with Gasteiger partial charge in [-0.25, -0.2) is 0 Å². The molecule has 2 aromatic carbocycles. The summed E-state index contributed by atoms with van der Waals surface area (Å²) in [5.74, 6) is -0.456. The number of carbonyl (C=O) groups excluding carboxylic acids is 1. The zero-order valence-corrected chi connectivity index (χ0v) is 17.0. The second-order valence-corrected chi connectivity index (χ2v) is 7.43. The van der Waals surface area contributed by atoms with Crippen LogP contribution in [0.5, 0.6) is 0 Å². The van der Waals surface area contributed by atoms with Crippen molar-refractivity contribution in [3.05, 3.63) is 53.6 Å². The van der Waals surface area contributed by atoms with Crippen molar-refractivity contribution in [1.82, 2.24) is 0 Å². The molecule has 4 rings (SSSR count). The summed E-state index contributed by atoms with van der Waals surface area (Å²) in [6.45, 7) is 5.48. The first kappa shape index (κ1) is 21.5. The normalized spacial score (nSPS) is 17.5. The zero-order chi connectivity index (χ0) is 21.8. The SMILES string of the molecule is O=C(Nc1ccc(N2CCOCC2)cc1N1CCOCC1)c1ccc(C(F)(F)F)cc1. The molecule has 1 amide bonds. The van der Waals surface area contributed by atoms with Gasteiger partial charge in [0.25, 0.3) is 5.91 Å². The Balaban J connectivity index is 1.58. The summed E-state index contributed by atoms with van der Waals surface area (Å²) in [4.78, 5) is 17.1. The van der Waals surface area contributed by atoms with Crippen molar-refractivity contribution >= 4 is 23.0 Å². The van der Waals surface area contributed by atoms with E-state index < -0.39 is 17.6 Å². The maximum absolute atomic E-state index is 12.8. The fourth-order valence-electron chi connectivity index (χ4n) is 3.71. The van der Waals surface area contributed by atoms with E-state index in [1.807, 2.05) is 18.2 Å². The second-order valence-electron chi connectivity index (χ2n) is 7.43. The molecule has 2 aliphatic rings. The molecular formula is C22H24F3N3O3. The van der Waals surface area contributed by atoms with Crippen LogP contribution in [-0.2, 0) is 15.7 Å². The average molecular weight is 435 g/mol. The average Bonchev–Trinajstić information content (AvgIpc) is 2.80. The summed E-state index contributed by atoms with van der Waals surface area (Å²) in [5, 5.41) is 2.87. The van der Waals surface area contributed by atoms with Gasteiger partial charge in [-0.2, -0.15) is 13.2 Å². The first-order valence-corrected chi connectivity index (χ1v) is 10.2. The summed E-state index contributed by atoms with van der Waals surface area (Å²) in [6, 6.07) is 10.0. The van der Waals surface area contributed by atoms with Crippen LogP contribution >= 0.6 is 0 Å². The topological polar surface area (TPSA) is 54.0 Å². The minimum atomic E-state index is -4.44. The number of carbonyl (C=O) groups is 1. The van der Waals surface area contributed by atoms with E-state index in [0.717, 1.165) is 36.6 Å². The Morgan fingerprint density at radius 2 is 1.42 bits per heavy atom. The van der Waals surface area contributed by atoms with Gasteiger partial charge in [-0.05, 0) is 42.5 Å². The monoisotopic (exact) mass is 435 g/mol. The molecule has 0 bridgehead atoms. The molecule has 31 heavy (non-hydrogen) atoms. The van der Waals surface area contributed by atoms with E-state index in [0.29, 0.717) is 45.2 Å². The van der Waals surface area contributed by atoms with Gasteiger partial charge in [0.05, 0.1) is 43.4 Å². The van der Waals surface area contributed by atoms with Crippen LogP contribution in [0, 0.1) is 0 Å². The maximum Gasteiger partial charge on any atom is 0.416 e. The fraction of sp³-hybridized carbons (Fsp3) is 0.409. The summed E-state index contributed by atoms with van der Waals surface area (Å²) < 4.78 is 49.2. The van der Waals surface area contributed by atoms with Gasteiger partial charge in [0.2, 0.25) is 0 Å². The van der Waals surface area contributed by atoms with E-state index >= 15 is 0 Å². The number of anilines is 3. The Kier molecular flexibility index (Phi) is 6.33. The van der Waals surface area contributed by atoms with Crippen LogP contribution in [0.3, 0.4) is 0 Å². The number of morpholine rings is 2. The van der Waals surface area contributed by atoms with Crippen molar-refractivity contribution in [2.75, 3.05) is 67.7 Å². The molecule has 0 aromatic heterocycles. The van der Waals surface area contributed by atoms with Crippen molar-refractivity contribution in [2.24, 2.45) is 0 Å². The third-order valence-electron chi connectivity index (χ3n) is 5.43. The highest BCUT2D eigenvalue weighted by Crippen LogP contribution is 2.33. The second kappa shape index (κ2) is 9.15. The van der Waals surface area contributed by atoms with Gasteiger partial charge in [-0.1, -0.05) is 0 Å². The van der Waals surface area contributed by atoms with Crippen LogP contribution in [-0.4, -0.2) is 58.5 Å². The molecule has 0 radical (unpaired) electrons. The van der Waals surface area contributed by atoms with E-state index in [1.165, 1.54) is 12.1 Å². The summed E-state index contributed by atoms with van der Waals surface area (Å²) in [5.41, 5.74) is 1.90. The number of nitrogens with zero attached hydrogens (tertiary/aromatic N) is 2. The number of nitrogens with one attached hydrogen (secondary N) is 1. The first-order chi connectivity index (χ1) is 14.9. The number of amides is 1. The molecule has 9 heteroatoms. The molecule has 2 aromatic rings. The fourth-order valence-corrected chi connectivity index (χ4v) is 3.71. The Hall–Kier alpha value is -2.78. The summed E-state index contributed by atoms with van der Waals surface area (Å²) in [6.07, 6.45) is -4.44. The van der Waals surface area contributed by atoms with Crippen LogP contribution in [0.2, 0.25) is 0 Å². The van der Waals surface area contributed by atoms with Crippen molar-refractivity contribution in [3.8, 4) is 0 Å². The minimum absolute atomic E-state index is 0.165. The van der Waals surface area contributed by atoms with Crippen molar-refractivity contribution in [3.63, 3.8) is 0 Å². The molecule has 2 heterocycles. The highest BCUT2D eigenvalue weighted by molar-refractivity contribution is 6.06. The van der Waals surface area contributed by atoms with Gasteiger partial charge in [0.15, 0.2) is 0 Å². The molecule has 2 saturated heterocycles. The number of halogens is 3. The summed E-state index contributed by atoms with van der Waals surface area (Å²) >= 11 is 0. The number of hydrogen-bond acceptors (Lipinski definition) is 5. The molecule has 0 spiro atoms. The third-order valence-corrected chi connectivity index (χ3v) is 5.43. The lowest BCUT2D eigenvalue weighted by Crippen LogP contribution is -2.38. The van der Waals surface area contributed by atoms with Gasteiger partial charge in [-0.3, -0.25) is 4.79 Å². The Morgan fingerprint density at radius 1 is 0.839 bits per heavy atom. The molecule has 166 valence electrons. The molecule has 6 nitrogen and oxygen atoms in total. The highest BCUT2D eigenvalue weighted by Gasteiger charge is 2.30. The van der Waals surface area contributed by atoms with Gasteiger partial charge < -0.3 is 24.6 Å². The largest absolute Gasteiger partial charge is 0.416 e. The van der Waals surface area contributed by atoms with Crippen LogP contribution in [0.4, 0.5) is 30.2 Å². The standard InChI is InChI=1S/C22H24F3N3O3/c23-22(24,25)17-3-1-16(2-4-17)21(29)26-19-6-5-18(27-7-11-30-12-8-27)15-20(19)28-9-13-31-14-10-28/h1-6,15H,7-14H2,(H,26,29). The number of ether oxygens (including phenoxy) is 2. The lowest BCUT2D eigenvalue weighted by atomic mass is 10.1. The molecule has 1 N–H and O–H groups in total. The molecule has 0 unspecified atom stereocenters. The predicted octanol–water partition coefficient (Wildman–Crippen LogP) is 3.63. The smallest absolute Gasteiger partial charge is 0.378 e. The van der Waals surface area contributed by atoms with E-state index in [9.17, 15) is 18.0 Å². The molecule has 0 atom stereocenters. The number of alkyl halides is 3. The lowest BCUT2D eigenvalue weighted by Gasteiger charge is -2.33. The molecule has 0 saturated carbocycles. The Labute approximate surface area is 178 Å². The highest BCUT2D eigenvalue weighted by atomic mass is 19.4. The number of benzene rings is 2. The quantitative estimate of drug-likeness (QED) is 0.795. The maximum atomic E-state index is 12.8. The van der Waals surface area contributed by atoms with Gasteiger partial charge in [-0.15, -0.1) is 0 Å². The van der Waals surface area contributed by atoms with E-state index in [1.54, 1.807) is 0 Å². The van der Waals surface area contributed by atoms with Gasteiger partial charge in [0.1, 0.15) is 0 Å². The van der Waals surface area contributed by atoms with Crippen molar-refractivity contribution in [1.29, 1.82) is 0 Å². The third kappa shape index (κ3) is 5.11. The van der Waals surface area contributed by atoms with Gasteiger partial charge in [0, 0.05) is 37.4 Å². The van der Waals surface area contributed by atoms with Crippen LogP contribution in [0.25, 0.3) is 0 Å². The lowest BCUT2D eigenvalue weighted by molar-refractivity contribution is -0.137. The first-order valence-electron chi connectivity index (χ1n) is 10.2. The Bertz CT molecular complexity index is 906. The van der Waals surface area contributed by atoms with Crippen LogP contribution in [0.1, 0.15) is 15.9 Å². The molecule has 2 aliphatic heterocycles. The van der Waals surface area contributed by atoms with E-state index in [4.69, 9.17) is 9.47 Å². The molecule has 0 aliphatic carbocycles. The number of hydrogen-bond donors (Lipinski definition) is 1. The number of rotatable bonds is 4.